The highest BCUT2D eigenvalue weighted by molar-refractivity contribution is 8.23. The first-order valence-corrected chi connectivity index (χ1v) is 10.6. The van der Waals surface area contributed by atoms with Gasteiger partial charge in [-0.05, 0) is 56.7 Å². The summed E-state index contributed by atoms with van der Waals surface area (Å²) in [6.45, 7) is 9.59. The van der Waals surface area contributed by atoms with E-state index in [2.05, 4.69) is 17.1 Å². The van der Waals surface area contributed by atoms with E-state index in [0.717, 1.165) is 53.0 Å². The van der Waals surface area contributed by atoms with E-state index >= 15 is 0 Å². The normalized spacial score (nSPS) is 15.9. The molecule has 1 atom stereocenters. The van der Waals surface area contributed by atoms with Crippen molar-refractivity contribution in [2.24, 2.45) is 5.92 Å². The number of piperidine rings is 1. The van der Waals surface area contributed by atoms with E-state index in [1.807, 2.05) is 32.0 Å². The van der Waals surface area contributed by atoms with Crippen molar-refractivity contribution in [1.29, 1.82) is 0 Å². The quantitative estimate of drug-likeness (QED) is 0.589. The van der Waals surface area contributed by atoms with Crippen LogP contribution in [0.1, 0.15) is 37.8 Å². The topological polar surface area (TPSA) is 58.6 Å². The average molecular weight is 409 g/mol. The number of amides is 1. The SMILES string of the molecule is Cc1ccc(C)c(NC(=O)C(C)OC(=O)CSC(=S)N2CCC(C)CC2)c1. The first-order chi connectivity index (χ1) is 12.8. The fraction of sp³-hybridized carbons (Fsp3) is 0.550. The fourth-order valence-electron chi connectivity index (χ4n) is 2.79. The molecule has 1 heterocycles. The fourth-order valence-corrected chi connectivity index (χ4v) is 3.83. The number of carbonyl (C=O) groups excluding carboxylic acids is 2. The second kappa shape index (κ2) is 10.1. The standard InChI is InChI=1S/C20H28N2O3S2/c1-13-7-9-22(10-8-13)20(26)27-12-18(23)25-16(4)19(24)21-17-11-14(2)5-6-15(17)3/h5-6,11,13,16H,7-10,12H2,1-4H3,(H,21,24). The van der Waals surface area contributed by atoms with Crippen molar-refractivity contribution in [2.45, 2.75) is 46.6 Å². The number of aryl methyl sites for hydroxylation is 2. The molecule has 1 amide bonds. The number of hydrogen-bond acceptors (Lipinski definition) is 5. The molecular formula is C20H28N2O3S2. The Bertz CT molecular complexity index is 700. The molecule has 1 unspecified atom stereocenters. The molecule has 1 aromatic rings. The second-order valence-corrected chi connectivity index (χ2v) is 8.77. The number of rotatable bonds is 5. The van der Waals surface area contributed by atoms with Crippen LogP contribution in [0.25, 0.3) is 0 Å². The van der Waals surface area contributed by atoms with Crippen molar-refractivity contribution in [1.82, 2.24) is 4.90 Å². The average Bonchev–Trinajstić information content (AvgIpc) is 2.63. The summed E-state index contributed by atoms with van der Waals surface area (Å²) in [4.78, 5) is 26.5. The number of nitrogens with zero attached hydrogens (tertiary/aromatic N) is 1. The number of ether oxygens (including phenoxy) is 1. The van der Waals surface area contributed by atoms with E-state index < -0.39 is 12.1 Å². The van der Waals surface area contributed by atoms with E-state index in [4.69, 9.17) is 17.0 Å². The monoisotopic (exact) mass is 408 g/mol. The molecule has 0 saturated carbocycles. The van der Waals surface area contributed by atoms with E-state index in [-0.39, 0.29) is 11.7 Å². The van der Waals surface area contributed by atoms with Gasteiger partial charge in [0.2, 0.25) is 0 Å². The molecule has 1 aliphatic rings. The van der Waals surface area contributed by atoms with Gasteiger partial charge in [-0.2, -0.15) is 0 Å². The Morgan fingerprint density at radius 3 is 2.67 bits per heavy atom. The van der Waals surface area contributed by atoms with Crippen LogP contribution < -0.4 is 5.32 Å². The molecule has 1 saturated heterocycles. The van der Waals surface area contributed by atoms with E-state index in [1.54, 1.807) is 6.92 Å². The maximum atomic E-state index is 12.3. The smallest absolute Gasteiger partial charge is 0.317 e. The van der Waals surface area contributed by atoms with Crippen molar-refractivity contribution < 1.29 is 14.3 Å². The van der Waals surface area contributed by atoms with Crippen LogP contribution >= 0.6 is 24.0 Å². The van der Waals surface area contributed by atoms with Gasteiger partial charge in [-0.1, -0.05) is 43.0 Å². The van der Waals surface area contributed by atoms with Gasteiger partial charge in [0.1, 0.15) is 4.32 Å². The number of benzene rings is 1. The summed E-state index contributed by atoms with van der Waals surface area (Å²) in [5, 5.41) is 2.82. The molecule has 2 rings (SSSR count). The Labute approximate surface area is 171 Å². The minimum atomic E-state index is -0.859. The summed E-state index contributed by atoms with van der Waals surface area (Å²) < 4.78 is 5.99. The van der Waals surface area contributed by atoms with Gasteiger partial charge >= 0.3 is 5.97 Å². The maximum absolute atomic E-state index is 12.3. The first kappa shape index (κ1) is 21.7. The molecule has 1 fully saturated rings. The Balaban J connectivity index is 1.76. The lowest BCUT2D eigenvalue weighted by Crippen LogP contribution is -2.36. The zero-order valence-corrected chi connectivity index (χ0v) is 18.0. The number of nitrogens with one attached hydrogen (secondary N) is 1. The number of likely N-dealkylation sites (tertiary alicyclic amines) is 1. The molecule has 5 nitrogen and oxygen atoms in total. The molecule has 0 bridgehead atoms. The van der Waals surface area contributed by atoms with Gasteiger partial charge < -0.3 is 15.0 Å². The van der Waals surface area contributed by atoms with Gasteiger partial charge in [0.05, 0.1) is 5.75 Å². The summed E-state index contributed by atoms with van der Waals surface area (Å²) in [7, 11) is 0. The highest BCUT2D eigenvalue weighted by Gasteiger charge is 2.21. The van der Waals surface area contributed by atoms with Gasteiger partial charge in [0.25, 0.3) is 5.91 Å². The summed E-state index contributed by atoms with van der Waals surface area (Å²) in [5.74, 6) is 0.0767. The molecule has 1 aromatic carbocycles. The van der Waals surface area contributed by atoms with Crippen molar-refractivity contribution in [3.05, 3.63) is 29.3 Å². The van der Waals surface area contributed by atoms with Gasteiger partial charge in [-0.25, -0.2) is 0 Å². The van der Waals surface area contributed by atoms with Crippen LogP contribution in [0, 0.1) is 19.8 Å². The number of carbonyl (C=O) groups is 2. The van der Waals surface area contributed by atoms with Crippen molar-refractivity contribution in [3.63, 3.8) is 0 Å². The van der Waals surface area contributed by atoms with Crippen LogP contribution in [0.3, 0.4) is 0 Å². The zero-order valence-electron chi connectivity index (χ0n) is 16.4. The molecule has 1 aliphatic heterocycles. The lowest BCUT2D eigenvalue weighted by atomic mass is 10.00. The highest BCUT2D eigenvalue weighted by Crippen LogP contribution is 2.21. The molecule has 27 heavy (non-hydrogen) atoms. The Kier molecular flexibility index (Phi) is 8.10. The van der Waals surface area contributed by atoms with Crippen LogP contribution in [-0.4, -0.2) is 46.0 Å². The summed E-state index contributed by atoms with van der Waals surface area (Å²) in [5.41, 5.74) is 2.75. The van der Waals surface area contributed by atoms with Crippen LogP contribution in [0.15, 0.2) is 18.2 Å². The first-order valence-electron chi connectivity index (χ1n) is 9.25. The van der Waals surface area contributed by atoms with Crippen LogP contribution in [-0.2, 0) is 14.3 Å². The van der Waals surface area contributed by atoms with Gasteiger partial charge in [0.15, 0.2) is 6.10 Å². The highest BCUT2D eigenvalue weighted by atomic mass is 32.2. The Hall–Kier alpha value is -1.60. The summed E-state index contributed by atoms with van der Waals surface area (Å²) in [6, 6.07) is 5.83. The largest absolute Gasteiger partial charge is 0.452 e. The summed E-state index contributed by atoms with van der Waals surface area (Å²) in [6.07, 6.45) is 1.39. The Morgan fingerprint density at radius 2 is 2.00 bits per heavy atom. The van der Waals surface area contributed by atoms with Gasteiger partial charge in [0, 0.05) is 18.8 Å². The molecule has 148 valence electrons. The second-order valence-electron chi connectivity index (χ2n) is 7.16. The zero-order chi connectivity index (χ0) is 20.0. The summed E-state index contributed by atoms with van der Waals surface area (Å²) >= 11 is 6.72. The minimum absolute atomic E-state index is 0.117. The number of hydrogen-bond donors (Lipinski definition) is 1. The molecule has 0 spiro atoms. The third-order valence-corrected chi connectivity index (χ3v) is 6.18. The lowest BCUT2D eigenvalue weighted by Gasteiger charge is -2.31. The van der Waals surface area contributed by atoms with E-state index in [1.165, 1.54) is 11.8 Å². The number of thioether (sulfide) groups is 1. The van der Waals surface area contributed by atoms with Gasteiger partial charge in [-0.15, -0.1) is 0 Å². The molecule has 0 radical (unpaired) electrons. The van der Waals surface area contributed by atoms with Crippen molar-refractivity contribution in [2.75, 3.05) is 24.2 Å². The Morgan fingerprint density at radius 1 is 1.33 bits per heavy atom. The van der Waals surface area contributed by atoms with Crippen LogP contribution in [0.5, 0.6) is 0 Å². The number of anilines is 1. The molecule has 0 aliphatic carbocycles. The number of thiocarbonyl (C=S) groups is 1. The minimum Gasteiger partial charge on any atom is -0.452 e. The molecule has 1 N–H and O–H groups in total. The van der Waals surface area contributed by atoms with E-state index in [0.29, 0.717) is 0 Å². The van der Waals surface area contributed by atoms with E-state index in [9.17, 15) is 9.59 Å². The maximum Gasteiger partial charge on any atom is 0.317 e. The van der Waals surface area contributed by atoms with Crippen LogP contribution in [0.2, 0.25) is 0 Å². The van der Waals surface area contributed by atoms with Crippen LogP contribution in [0.4, 0.5) is 5.69 Å². The predicted octanol–water partition coefficient (Wildman–Crippen LogP) is 3.92. The third-order valence-electron chi connectivity index (χ3n) is 4.68. The number of esters is 1. The van der Waals surface area contributed by atoms with Crippen molar-refractivity contribution in [3.8, 4) is 0 Å². The lowest BCUT2D eigenvalue weighted by molar-refractivity contribution is -0.150. The molecular weight excluding hydrogens is 380 g/mol. The van der Waals surface area contributed by atoms with Crippen molar-refractivity contribution >= 4 is 45.9 Å². The predicted molar refractivity (Wildman–Crippen MR) is 115 cm³/mol. The van der Waals surface area contributed by atoms with Gasteiger partial charge in [-0.3, -0.25) is 9.59 Å². The molecule has 0 aromatic heterocycles. The molecule has 7 heteroatoms. The third kappa shape index (κ3) is 6.81.